The van der Waals surface area contributed by atoms with Crippen molar-refractivity contribution in [1.29, 1.82) is 0 Å². The van der Waals surface area contributed by atoms with Crippen LogP contribution in [-0.2, 0) is 26.0 Å². The standard InChI is InChI=1S/C20H24ClN3O4S/c1-13(2)24-29(27,28)17-7-4-15(5-8-17)10-11-22-19(25)20(26)23-18-9-6-16(21)12-14(18)3/h4-9,12-13,24H,10-11H2,1-3H3,(H,22,25)(H,23,26). The Morgan fingerprint density at radius 3 is 2.28 bits per heavy atom. The fraction of sp³-hybridized carbons (Fsp3) is 0.300. The van der Waals surface area contributed by atoms with Crippen LogP contribution in [0.3, 0.4) is 0 Å². The molecule has 0 aliphatic rings. The summed E-state index contributed by atoms with van der Waals surface area (Å²) in [6.45, 7) is 5.51. The molecule has 0 fully saturated rings. The quantitative estimate of drug-likeness (QED) is 0.579. The largest absolute Gasteiger partial charge is 0.347 e. The van der Waals surface area contributed by atoms with Gasteiger partial charge >= 0.3 is 11.8 Å². The van der Waals surface area contributed by atoms with E-state index < -0.39 is 21.8 Å². The summed E-state index contributed by atoms with van der Waals surface area (Å²) in [5, 5.41) is 5.63. The molecule has 0 spiro atoms. The Kier molecular flexibility index (Phi) is 7.78. The normalized spacial score (nSPS) is 11.3. The van der Waals surface area contributed by atoms with E-state index in [4.69, 9.17) is 11.6 Å². The maximum Gasteiger partial charge on any atom is 0.313 e. The van der Waals surface area contributed by atoms with Crippen LogP contribution in [0.5, 0.6) is 0 Å². The van der Waals surface area contributed by atoms with Crippen LogP contribution in [0.2, 0.25) is 5.02 Å². The summed E-state index contributed by atoms with van der Waals surface area (Å²) in [6.07, 6.45) is 0.455. The van der Waals surface area contributed by atoms with Crippen LogP contribution in [0, 0.1) is 6.92 Å². The van der Waals surface area contributed by atoms with E-state index in [9.17, 15) is 18.0 Å². The van der Waals surface area contributed by atoms with E-state index in [1.807, 2.05) is 0 Å². The van der Waals surface area contributed by atoms with Gasteiger partial charge in [-0.15, -0.1) is 0 Å². The van der Waals surface area contributed by atoms with Crippen molar-refractivity contribution < 1.29 is 18.0 Å². The minimum atomic E-state index is -3.54. The molecule has 3 N–H and O–H groups in total. The Balaban J connectivity index is 1.86. The lowest BCUT2D eigenvalue weighted by Gasteiger charge is -2.11. The van der Waals surface area contributed by atoms with E-state index in [2.05, 4.69) is 15.4 Å². The van der Waals surface area contributed by atoms with E-state index in [1.54, 1.807) is 51.1 Å². The SMILES string of the molecule is Cc1cc(Cl)ccc1NC(=O)C(=O)NCCc1ccc(S(=O)(=O)NC(C)C)cc1. The molecule has 0 saturated carbocycles. The fourth-order valence-corrected chi connectivity index (χ4v) is 4.04. The highest BCUT2D eigenvalue weighted by molar-refractivity contribution is 7.89. The molecule has 0 heterocycles. The highest BCUT2D eigenvalue weighted by Crippen LogP contribution is 2.19. The average molecular weight is 438 g/mol. The Bertz CT molecular complexity index is 989. The van der Waals surface area contributed by atoms with Crippen molar-refractivity contribution in [3.63, 3.8) is 0 Å². The maximum atomic E-state index is 12.1. The first-order chi connectivity index (χ1) is 13.6. The number of nitrogens with one attached hydrogen (secondary N) is 3. The number of hydrogen-bond acceptors (Lipinski definition) is 4. The summed E-state index contributed by atoms with van der Waals surface area (Å²) in [4.78, 5) is 24.2. The van der Waals surface area contributed by atoms with Crippen LogP contribution in [0.1, 0.15) is 25.0 Å². The smallest absolute Gasteiger partial charge is 0.313 e. The number of benzene rings is 2. The zero-order valence-electron chi connectivity index (χ0n) is 16.5. The van der Waals surface area contributed by atoms with Crippen LogP contribution in [-0.4, -0.2) is 32.8 Å². The van der Waals surface area contributed by atoms with Crippen molar-refractivity contribution in [1.82, 2.24) is 10.0 Å². The second-order valence-corrected chi connectivity index (χ2v) is 8.99. The number of halogens is 1. The van der Waals surface area contributed by atoms with Gasteiger partial charge in [0, 0.05) is 23.3 Å². The molecule has 156 valence electrons. The zero-order valence-corrected chi connectivity index (χ0v) is 18.0. The minimum Gasteiger partial charge on any atom is -0.347 e. The van der Waals surface area contributed by atoms with Crippen molar-refractivity contribution in [2.75, 3.05) is 11.9 Å². The Labute approximate surface area is 175 Å². The molecule has 2 amide bonds. The second kappa shape index (κ2) is 9.87. The summed E-state index contributed by atoms with van der Waals surface area (Å²) >= 11 is 5.87. The Morgan fingerprint density at radius 2 is 1.69 bits per heavy atom. The molecule has 0 aliphatic heterocycles. The summed E-state index contributed by atoms with van der Waals surface area (Å²) < 4.78 is 26.7. The van der Waals surface area contributed by atoms with Gasteiger partial charge in [-0.2, -0.15) is 0 Å². The van der Waals surface area contributed by atoms with Gasteiger partial charge < -0.3 is 10.6 Å². The van der Waals surface area contributed by atoms with Crippen molar-refractivity contribution in [3.8, 4) is 0 Å². The topological polar surface area (TPSA) is 104 Å². The molecule has 0 aromatic heterocycles. The molecular formula is C20H24ClN3O4S. The summed E-state index contributed by atoms with van der Waals surface area (Å²) in [5.41, 5.74) is 2.10. The lowest BCUT2D eigenvalue weighted by molar-refractivity contribution is -0.136. The predicted molar refractivity (Wildman–Crippen MR) is 113 cm³/mol. The van der Waals surface area contributed by atoms with Gasteiger partial charge in [0.25, 0.3) is 0 Å². The highest BCUT2D eigenvalue weighted by Gasteiger charge is 2.16. The fourth-order valence-electron chi connectivity index (χ4n) is 2.56. The van der Waals surface area contributed by atoms with E-state index in [1.165, 1.54) is 12.1 Å². The molecule has 0 atom stereocenters. The molecule has 0 aliphatic carbocycles. The Hall–Kier alpha value is -2.42. The number of anilines is 1. The molecule has 29 heavy (non-hydrogen) atoms. The van der Waals surface area contributed by atoms with Crippen LogP contribution in [0.25, 0.3) is 0 Å². The molecule has 2 aromatic rings. The van der Waals surface area contributed by atoms with Crippen LogP contribution >= 0.6 is 11.6 Å². The van der Waals surface area contributed by atoms with Gasteiger partial charge in [-0.1, -0.05) is 23.7 Å². The molecule has 0 unspecified atom stereocenters. The zero-order chi connectivity index (χ0) is 21.6. The van der Waals surface area contributed by atoms with Gasteiger partial charge in [-0.05, 0) is 68.7 Å². The number of sulfonamides is 1. The van der Waals surface area contributed by atoms with E-state index >= 15 is 0 Å². The maximum absolute atomic E-state index is 12.1. The van der Waals surface area contributed by atoms with Gasteiger partial charge in [0.15, 0.2) is 0 Å². The van der Waals surface area contributed by atoms with Crippen LogP contribution in [0.4, 0.5) is 5.69 Å². The number of aryl methyl sites for hydroxylation is 1. The van der Waals surface area contributed by atoms with Crippen molar-refractivity contribution in [2.45, 2.75) is 38.1 Å². The van der Waals surface area contributed by atoms with Crippen LogP contribution < -0.4 is 15.4 Å². The average Bonchev–Trinajstić information content (AvgIpc) is 2.63. The van der Waals surface area contributed by atoms with Gasteiger partial charge in [0.1, 0.15) is 0 Å². The minimum absolute atomic E-state index is 0.177. The molecule has 2 rings (SSSR count). The monoisotopic (exact) mass is 437 g/mol. The molecule has 9 heteroatoms. The van der Waals surface area contributed by atoms with Crippen molar-refractivity contribution in [3.05, 3.63) is 58.6 Å². The molecular weight excluding hydrogens is 414 g/mol. The molecule has 0 bridgehead atoms. The van der Waals surface area contributed by atoms with E-state index in [0.717, 1.165) is 11.1 Å². The van der Waals surface area contributed by atoms with Gasteiger partial charge in [-0.3, -0.25) is 9.59 Å². The first-order valence-electron chi connectivity index (χ1n) is 9.05. The van der Waals surface area contributed by atoms with Crippen molar-refractivity contribution in [2.24, 2.45) is 0 Å². The summed E-state index contributed by atoms with van der Waals surface area (Å²) in [7, 11) is -3.54. The third kappa shape index (κ3) is 6.85. The second-order valence-electron chi connectivity index (χ2n) is 6.84. The Morgan fingerprint density at radius 1 is 1.03 bits per heavy atom. The number of rotatable bonds is 7. The molecule has 7 nitrogen and oxygen atoms in total. The highest BCUT2D eigenvalue weighted by atomic mass is 35.5. The first-order valence-corrected chi connectivity index (χ1v) is 10.9. The number of carbonyl (C=O) groups is 2. The third-order valence-electron chi connectivity index (χ3n) is 3.97. The summed E-state index contributed by atoms with van der Waals surface area (Å²) in [6, 6.07) is 11.1. The van der Waals surface area contributed by atoms with Gasteiger partial charge in [-0.25, -0.2) is 13.1 Å². The number of carbonyl (C=O) groups excluding carboxylic acids is 2. The summed E-state index contributed by atoms with van der Waals surface area (Å²) in [5.74, 6) is -1.52. The van der Waals surface area contributed by atoms with Gasteiger partial charge in [0.2, 0.25) is 10.0 Å². The predicted octanol–water partition coefficient (Wildman–Crippen LogP) is 2.63. The van der Waals surface area contributed by atoms with Gasteiger partial charge in [0.05, 0.1) is 4.90 Å². The van der Waals surface area contributed by atoms with E-state index in [0.29, 0.717) is 17.1 Å². The van der Waals surface area contributed by atoms with E-state index in [-0.39, 0.29) is 17.5 Å². The molecule has 0 radical (unpaired) electrons. The number of amides is 2. The lowest BCUT2D eigenvalue weighted by Crippen LogP contribution is -2.36. The number of hydrogen-bond donors (Lipinski definition) is 3. The first kappa shape index (κ1) is 22.9. The van der Waals surface area contributed by atoms with Crippen molar-refractivity contribution >= 4 is 39.1 Å². The third-order valence-corrected chi connectivity index (χ3v) is 5.88. The molecule has 2 aromatic carbocycles. The molecule has 0 saturated heterocycles. The van der Waals surface area contributed by atoms with Crippen LogP contribution in [0.15, 0.2) is 47.4 Å². The lowest BCUT2D eigenvalue weighted by atomic mass is 10.1.